The zero-order chi connectivity index (χ0) is 18.0. The average molecular weight is 341 g/mol. The normalized spacial score (nSPS) is 21.9. The van der Waals surface area contributed by atoms with Crippen molar-refractivity contribution in [3.05, 3.63) is 42.0 Å². The topological polar surface area (TPSA) is 95.6 Å². The first-order valence-electron chi connectivity index (χ1n) is 8.13. The summed E-state index contributed by atoms with van der Waals surface area (Å²) in [6.45, 7) is -0.311. The Morgan fingerprint density at radius 1 is 1.12 bits per heavy atom. The molecule has 0 aromatic heterocycles. The fourth-order valence-electron chi connectivity index (χ4n) is 3.25. The minimum Gasteiger partial charge on any atom is -0.355 e. The third-order valence-electron chi connectivity index (χ3n) is 4.54. The van der Waals surface area contributed by atoms with E-state index in [-0.39, 0.29) is 36.1 Å². The van der Waals surface area contributed by atoms with Crippen LogP contribution in [0.5, 0.6) is 0 Å². The number of anilines is 1. The lowest BCUT2D eigenvalue weighted by Crippen LogP contribution is -2.38. The van der Waals surface area contributed by atoms with Gasteiger partial charge in [0.15, 0.2) is 0 Å². The van der Waals surface area contributed by atoms with Crippen LogP contribution in [0.15, 0.2) is 36.4 Å². The van der Waals surface area contributed by atoms with E-state index < -0.39 is 5.91 Å². The Balaban J connectivity index is 1.66. The van der Waals surface area contributed by atoms with Crippen molar-refractivity contribution < 1.29 is 19.2 Å². The highest BCUT2D eigenvalue weighted by Gasteiger charge is 2.47. The average Bonchev–Trinajstić information content (AvgIpc) is 2.86. The van der Waals surface area contributed by atoms with E-state index >= 15 is 0 Å². The van der Waals surface area contributed by atoms with Gasteiger partial charge in [-0.3, -0.25) is 24.1 Å². The Morgan fingerprint density at radius 3 is 2.36 bits per heavy atom. The van der Waals surface area contributed by atoms with Gasteiger partial charge < -0.3 is 10.6 Å². The molecule has 0 saturated carbocycles. The van der Waals surface area contributed by atoms with Crippen LogP contribution in [0, 0.1) is 11.8 Å². The largest absolute Gasteiger partial charge is 0.355 e. The summed E-state index contributed by atoms with van der Waals surface area (Å²) in [5.74, 6) is -1.99. The first-order chi connectivity index (χ1) is 12.0. The van der Waals surface area contributed by atoms with Crippen LogP contribution < -0.4 is 10.6 Å². The van der Waals surface area contributed by atoms with Crippen LogP contribution in [0.25, 0.3) is 0 Å². The van der Waals surface area contributed by atoms with Crippen molar-refractivity contribution in [1.82, 2.24) is 10.2 Å². The molecule has 0 bridgehead atoms. The lowest BCUT2D eigenvalue weighted by Gasteiger charge is -2.14. The quantitative estimate of drug-likeness (QED) is 0.629. The van der Waals surface area contributed by atoms with Crippen molar-refractivity contribution in [2.24, 2.45) is 11.8 Å². The third-order valence-corrected chi connectivity index (χ3v) is 4.54. The number of hydrogen-bond donors (Lipinski definition) is 2. The Bertz CT molecular complexity index is 745. The third kappa shape index (κ3) is 3.31. The molecule has 25 heavy (non-hydrogen) atoms. The minimum atomic E-state index is -0.470. The molecule has 4 amide bonds. The number of benzene rings is 1. The Kier molecular flexibility index (Phi) is 4.65. The number of amides is 4. The molecule has 7 heteroatoms. The second kappa shape index (κ2) is 6.88. The van der Waals surface area contributed by atoms with Crippen molar-refractivity contribution in [2.75, 3.05) is 18.9 Å². The van der Waals surface area contributed by atoms with Crippen molar-refractivity contribution in [3.8, 4) is 0 Å². The van der Waals surface area contributed by atoms with Crippen molar-refractivity contribution in [1.29, 1.82) is 0 Å². The Labute approximate surface area is 145 Å². The number of imide groups is 1. The Hall–Kier alpha value is -2.96. The molecule has 2 aliphatic rings. The van der Waals surface area contributed by atoms with Gasteiger partial charge in [0.1, 0.15) is 6.54 Å². The summed E-state index contributed by atoms with van der Waals surface area (Å²) in [5, 5.41) is 5.14. The fraction of sp³-hybridized carbons (Fsp3) is 0.333. The van der Waals surface area contributed by atoms with Gasteiger partial charge in [-0.05, 0) is 31.0 Å². The van der Waals surface area contributed by atoms with E-state index in [1.54, 1.807) is 18.2 Å². The van der Waals surface area contributed by atoms with Gasteiger partial charge in [0, 0.05) is 18.3 Å². The number of hydrogen-bond acceptors (Lipinski definition) is 4. The van der Waals surface area contributed by atoms with Crippen LogP contribution in [0.4, 0.5) is 5.69 Å². The minimum absolute atomic E-state index is 0.266. The molecule has 0 unspecified atom stereocenters. The smallest absolute Gasteiger partial charge is 0.251 e. The molecule has 1 heterocycles. The van der Waals surface area contributed by atoms with E-state index in [1.807, 2.05) is 12.2 Å². The molecular weight excluding hydrogens is 322 g/mol. The summed E-state index contributed by atoms with van der Waals surface area (Å²) in [6, 6.07) is 6.45. The number of carbonyl (C=O) groups is 4. The van der Waals surface area contributed by atoms with Gasteiger partial charge in [0.25, 0.3) is 5.91 Å². The van der Waals surface area contributed by atoms with Gasteiger partial charge in [-0.25, -0.2) is 0 Å². The maximum Gasteiger partial charge on any atom is 0.251 e. The van der Waals surface area contributed by atoms with Crippen molar-refractivity contribution >= 4 is 29.3 Å². The highest BCUT2D eigenvalue weighted by molar-refractivity contribution is 6.09. The van der Waals surface area contributed by atoms with Crippen LogP contribution >= 0.6 is 0 Å². The maximum atomic E-state index is 12.4. The van der Waals surface area contributed by atoms with E-state index in [9.17, 15) is 19.2 Å². The summed E-state index contributed by atoms with van der Waals surface area (Å²) in [5.41, 5.74) is 0.843. The highest BCUT2D eigenvalue weighted by atomic mass is 16.2. The SMILES string of the molecule is CNC(=O)c1cccc(NC(=O)CN2C(=O)[C@@H]3CC=CC[C@H]3C2=O)c1. The second-order valence-electron chi connectivity index (χ2n) is 6.13. The van der Waals surface area contributed by atoms with Gasteiger partial charge in [0.2, 0.25) is 17.7 Å². The number of nitrogens with zero attached hydrogens (tertiary/aromatic N) is 1. The number of rotatable bonds is 4. The first-order valence-corrected chi connectivity index (χ1v) is 8.13. The molecular formula is C18H19N3O4. The number of likely N-dealkylation sites (tertiary alicyclic amines) is 1. The molecule has 130 valence electrons. The van der Waals surface area contributed by atoms with Crippen LogP contribution in [-0.4, -0.2) is 42.1 Å². The zero-order valence-electron chi connectivity index (χ0n) is 13.8. The van der Waals surface area contributed by atoms with Crippen LogP contribution in [-0.2, 0) is 14.4 Å². The lowest BCUT2D eigenvalue weighted by molar-refractivity contribution is -0.142. The first kappa shape index (κ1) is 16.9. The summed E-state index contributed by atoms with van der Waals surface area (Å²) in [4.78, 5) is 49.6. The van der Waals surface area contributed by atoms with Gasteiger partial charge in [0.05, 0.1) is 11.8 Å². The molecule has 1 fully saturated rings. The van der Waals surface area contributed by atoms with Gasteiger partial charge in [-0.15, -0.1) is 0 Å². The van der Waals surface area contributed by atoms with E-state index in [4.69, 9.17) is 0 Å². The maximum absolute atomic E-state index is 12.4. The molecule has 7 nitrogen and oxygen atoms in total. The number of nitrogens with one attached hydrogen (secondary N) is 2. The molecule has 2 N–H and O–H groups in total. The summed E-state index contributed by atoms with van der Waals surface area (Å²) in [6.07, 6.45) is 4.89. The van der Waals surface area contributed by atoms with E-state index in [0.717, 1.165) is 4.90 Å². The second-order valence-corrected chi connectivity index (χ2v) is 6.13. The predicted octanol–water partition coefficient (Wildman–Crippen LogP) is 0.936. The summed E-state index contributed by atoms with van der Waals surface area (Å²) < 4.78 is 0. The molecule has 0 radical (unpaired) electrons. The Morgan fingerprint density at radius 2 is 1.76 bits per heavy atom. The standard InChI is InChI=1S/C18H19N3O4/c1-19-16(23)11-5-4-6-12(9-11)20-15(22)10-21-17(24)13-7-2-3-8-14(13)18(21)25/h2-6,9,13-14H,7-8,10H2,1H3,(H,19,23)(H,20,22)/t13-,14-/m1/s1. The molecule has 2 atom stereocenters. The monoisotopic (exact) mass is 341 g/mol. The molecule has 0 spiro atoms. The van der Waals surface area contributed by atoms with E-state index in [0.29, 0.717) is 24.1 Å². The molecule has 1 aliphatic heterocycles. The lowest BCUT2D eigenvalue weighted by atomic mass is 9.85. The van der Waals surface area contributed by atoms with E-state index in [1.165, 1.54) is 13.1 Å². The predicted molar refractivity (Wildman–Crippen MR) is 90.5 cm³/mol. The summed E-state index contributed by atoms with van der Waals surface area (Å²) >= 11 is 0. The van der Waals surface area contributed by atoms with Gasteiger partial charge >= 0.3 is 0 Å². The van der Waals surface area contributed by atoms with Crippen molar-refractivity contribution in [2.45, 2.75) is 12.8 Å². The molecule has 1 aromatic rings. The van der Waals surface area contributed by atoms with Crippen LogP contribution in [0.1, 0.15) is 23.2 Å². The fourth-order valence-corrected chi connectivity index (χ4v) is 3.25. The van der Waals surface area contributed by atoms with Gasteiger partial charge in [-0.2, -0.15) is 0 Å². The molecule has 3 rings (SSSR count). The molecule has 1 saturated heterocycles. The number of allylic oxidation sites excluding steroid dienone is 2. The van der Waals surface area contributed by atoms with Crippen LogP contribution in [0.2, 0.25) is 0 Å². The molecule has 1 aromatic carbocycles. The molecule has 1 aliphatic carbocycles. The number of fused-ring (bicyclic) bond motifs is 1. The highest BCUT2D eigenvalue weighted by Crippen LogP contribution is 2.34. The van der Waals surface area contributed by atoms with E-state index in [2.05, 4.69) is 10.6 Å². The summed E-state index contributed by atoms with van der Waals surface area (Å²) in [7, 11) is 1.52. The van der Waals surface area contributed by atoms with Gasteiger partial charge in [-0.1, -0.05) is 18.2 Å². The number of carbonyl (C=O) groups excluding carboxylic acids is 4. The van der Waals surface area contributed by atoms with Crippen LogP contribution in [0.3, 0.4) is 0 Å². The zero-order valence-corrected chi connectivity index (χ0v) is 13.8. The van der Waals surface area contributed by atoms with Crippen molar-refractivity contribution in [3.63, 3.8) is 0 Å².